The lowest BCUT2D eigenvalue weighted by molar-refractivity contribution is -0.129. The monoisotopic (exact) mass is 351 g/mol. The van der Waals surface area contributed by atoms with Gasteiger partial charge in [-0.3, -0.25) is 4.79 Å². The Balaban J connectivity index is 1.85. The van der Waals surface area contributed by atoms with Crippen molar-refractivity contribution in [3.8, 4) is 0 Å². The summed E-state index contributed by atoms with van der Waals surface area (Å²) in [5, 5.41) is 0. The van der Waals surface area contributed by atoms with Crippen LogP contribution in [0.1, 0.15) is 52.4 Å². The van der Waals surface area contributed by atoms with Crippen LogP contribution in [0, 0.1) is 20.8 Å². The topological polar surface area (TPSA) is 55.4 Å². The third-order valence-electron chi connectivity index (χ3n) is 4.10. The van der Waals surface area contributed by atoms with Gasteiger partial charge in [0.25, 0.3) is 5.91 Å². The van der Waals surface area contributed by atoms with Crippen molar-refractivity contribution in [2.24, 2.45) is 0 Å². The Morgan fingerprint density at radius 2 is 1.62 bits per heavy atom. The molecule has 0 aliphatic heterocycles. The molecule has 0 aliphatic rings. The lowest BCUT2D eigenvalue weighted by Crippen LogP contribution is -2.27. The fraction of sp³-hybridized carbons (Fsp3) is 0.273. The molecule has 2 aromatic rings. The number of carbonyl (C=O) groups is 2. The molecular formula is C22H25NO3. The molecule has 2 rings (SSSR count). The fourth-order valence-corrected chi connectivity index (χ4v) is 2.92. The van der Waals surface area contributed by atoms with Crippen LogP contribution in [-0.2, 0) is 9.63 Å². The first-order chi connectivity index (χ1) is 12.4. The van der Waals surface area contributed by atoms with Gasteiger partial charge in [0.05, 0.1) is 5.56 Å². The number of amides is 1. The predicted molar refractivity (Wildman–Crippen MR) is 104 cm³/mol. The van der Waals surface area contributed by atoms with Crippen molar-refractivity contribution in [3.05, 3.63) is 75.9 Å². The van der Waals surface area contributed by atoms with Gasteiger partial charge in [0.15, 0.2) is 0 Å². The van der Waals surface area contributed by atoms with Gasteiger partial charge in [-0.2, -0.15) is 5.48 Å². The zero-order valence-electron chi connectivity index (χ0n) is 15.8. The van der Waals surface area contributed by atoms with E-state index in [2.05, 4.69) is 5.48 Å². The van der Waals surface area contributed by atoms with Crippen LogP contribution in [0.4, 0.5) is 0 Å². The third-order valence-corrected chi connectivity index (χ3v) is 4.10. The summed E-state index contributed by atoms with van der Waals surface area (Å²) in [4.78, 5) is 29.2. The molecule has 0 aliphatic carbocycles. The molecule has 0 radical (unpaired) electrons. The molecule has 0 unspecified atom stereocenters. The highest BCUT2D eigenvalue weighted by Crippen LogP contribution is 2.17. The van der Waals surface area contributed by atoms with Gasteiger partial charge in [0.1, 0.15) is 0 Å². The SMILES string of the molecule is C/C(=C\c1ccccc1)CCC(=O)NOC(=O)c1c(C)cc(C)cc1C. The van der Waals surface area contributed by atoms with Crippen molar-refractivity contribution in [2.75, 3.05) is 0 Å². The maximum absolute atomic E-state index is 12.2. The number of nitrogens with one attached hydrogen (secondary N) is 1. The van der Waals surface area contributed by atoms with E-state index in [0.717, 1.165) is 27.8 Å². The van der Waals surface area contributed by atoms with Crippen molar-refractivity contribution >= 4 is 18.0 Å². The van der Waals surface area contributed by atoms with Crippen LogP contribution in [-0.4, -0.2) is 11.9 Å². The van der Waals surface area contributed by atoms with Crippen LogP contribution in [0.5, 0.6) is 0 Å². The quantitative estimate of drug-likeness (QED) is 0.796. The summed E-state index contributed by atoms with van der Waals surface area (Å²) in [5.41, 5.74) is 7.69. The molecule has 136 valence electrons. The van der Waals surface area contributed by atoms with Crippen LogP contribution in [0.15, 0.2) is 48.0 Å². The van der Waals surface area contributed by atoms with Gasteiger partial charge in [-0.1, -0.05) is 59.7 Å². The molecule has 0 aromatic heterocycles. The molecule has 0 heterocycles. The van der Waals surface area contributed by atoms with Crippen molar-refractivity contribution < 1.29 is 14.4 Å². The van der Waals surface area contributed by atoms with Crippen LogP contribution in [0.2, 0.25) is 0 Å². The first-order valence-corrected chi connectivity index (χ1v) is 8.67. The molecule has 26 heavy (non-hydrogen) atoms. The molecule has 0 atom stereocenters. The number of hydrogen-bond acceptors (Lipinski definition) is 3. The maximum Gasteiger partial charge on any atom is 0.363 e. The van der Waals surface area contributed by atoms with E-state index in [-0.39, 0.29) is 12.3 Å². The van der Waals surface area contributed by atoms with E-state index >= 15 is 0 Å². The summed E-state index contributed by atoms with van der Waals surface area (Å²) in [6.07, 6.45) is 2.90. The second kappa shape index (κ2) is 8.99. The van der Waals surface area contributed by atoms with Crippen molar-refractivity contribution in [3.63, 3.8) is 0 Å². The number of hydrogen-bond donors (Lipinski definition) is 1. The smallest absolute Gasteiger partial charge is 0.335 e. The van der Waals surface area contributed by atoms with Crippen LogP contribution >= 0.6 is 0 Å². The minimum atomic E-state index is -0.537. The Hall–Kier alpha value is -2.88. The molecule has 0 spiro atoms. The van der Waals surface area contributed by atoms with Gasteiger partial charge in [0.2, 0.25) is 0 Å². The number of carbonyl (C=O) groups excluding carboxylic acids is 2. The molecule has 4 heteroatoms. The van der Waals surface area contributed by atoms with E-state index in [9.17, 15) is 9.59 Å². The van der Waals surface area contributed by atoms with E-state index in [1.165, 1.54) is 0 Å². The zero-order chi connectivity index (χ0) is 19.1. The number of rotatable bonds is 5. The molecule has 2 aromatic carbocycles. The maximum atomic E-state index is 12.2. The molecule has 4 nitrogen and oxygen atoms in total. The second-order valence-electron chi connectivity index (χ2n) is 6.59. The van der Waals surface area contributed by atoms with Gasteiger partial charge in [-0.15, -0.1) is 0 Å². The largest absolute Gasteiger partial charge is 0.363 e. The average Bonchev–Trinajstić information content (AvgIpc) is 2.58. The number of hydroxylamine groups is 1. The van der Waals surface area contributed by atoms with Gasteiger partial charge in [-0.25, -0.2) is 4.79 Å². The first kappa shape index (κ1) is 19.4. The third kappa shape index (κ3) is 5.59. The van der Waals surface area contributed by atoms with Crippen molar-refractivity contribution in [1.29, 1.82) is 0 Å². The van der Waals surface area contributed by atoms with E-state index in [4.69, 9.17) is 4.84 Å². The highest BCUT2D eigenvalue weighted by atomic mass is 16.7. The molecule has 0 bridgehead atoms. The Kier molecular flexibility index (Phi) is 6.73. The van der Waals surface area contributed by atoms with Crippen LogP contribution in [0.3, 0.4) is 0 Å². The summed E-state index contributed by atoms with van der Waals surface area (Å²) < 4.78 is 0. The lowest BCUT2D eigenvalue weighted by atomic mass is 10.0. The van der Waals surface area contributed by atoms with Gasteiger partial charge in [-0.05, 0) is 50.8 Å². The fourth-order valence-electron chi connectivity index (χ4n) is 2.92. The van der Waals surface area contributed by atoms with Crippen molar-refractivity contribution in [1.82, 2.24) is 5.48 Å². The molecule has 1 N–H and O–H groups in total. The average molecular weight is 351 g/mol. The van der Waals surface area contributed by atoms with Crippen molar-refractivity contribution in [2.45, 2.75) is 40.5 Å². The molecule has 1 amide bonds. The summed E-state index contributed by atoms with van der Waals surface area (Å²) >= 11 is 0. The summed E-state index contributed by atoms with van der Waals surface area (Å²) in [6.45, 7) is 7.67. The highest BCUT2D eigenvalue weighted by molar-refractivity contribution is 5.93. The van der Waals surface area contributed by atoms with E-state index < -0.39 is 5.97 Å². The summed E-state index contributed by atoms with van der Waals surface area (Å²) in [7, 11) is 0. The van der Waals surface area contributed by atoms with Gasteiger partial charge in [0, 0.05) is 6.42 Å². The Morgan fingerprint density at radius 1 is 1.00 bits per heavy atom. The van der Waals surface area contributed by atoms with E-state index in [1.54, 1.807) is 0 Å². The van der Waals surface area contributed by atoms with E-state index in [0.29, 0.717) is 12.0 Å². The van der Waals surface area contributed by atoms with Crippen LogP contribution in [0.25, 0.3) is 6.08 Å². The van der Waals surface area contributed by atoms with Crippen LogP contribution < -0.4 is 5.48 Å². The lowest BCUT2D eigenvalue weighted by Gasteiger charge is -2.11. The minimum Gasteiger partial charge on any atom is -0.335 e. The highest BCUT2D eigenvalue weighted by Gasteiger charge is 2.15. The number of benzene rings is 2. The molecule has 0 saturated carbocycles. The van der Waals surface area contributed by atoms with E-state index in [1.807, 2.05) is 76.2 Å². The Bertz CT molecular complexity index is 800. The normalized spacial score (nSPS) is 11.2. The molecular weight excluding hydrogens is 326 g/mol. The first-order valence-electron chi connectivity index (χ1n) is 8.67. The summed E-state index contributed by atoms with van der Waals surface area (Å²) in [5.74, 6) is -0.855. The Morgan fingerprint density at radius 3 is 2.23 bits per heavy atom. The Labute approximate surface area is 154 Å². The second-order valence-corrected chi connectivity index (χ2v) is 6.59. The van der Waals surface area contributed by atoms with Gasteiger partial charge >= 0.3 is 5.97 Å². The minimum absolute atomic E-state index is 0.258. The summed E-state index contributed by atoms with van der Waals surface area (Å²) in [6, 6.07) is 13.8. The molecule has 0 saturated heterocycles. The molecule has 0 fully saturated rings. The predicted octanol–water partition coefficient (Wildman–Crippen LogP) is 4.68. The zero-order valence-corrected chi connectivity index (χ0v) is 15.8. The number of allylic oxidation sites excluding steroid dienone is 1. The number of aryl methyl sites for hydroxylation is 3. The standard InChI is InChI=1S/C22H25NO3/c1-15(14-19-8-6-5-7-9-19)10-11-20(24)23-26-22(25)21-17(3)12-16(2)13-18(21)4/h5-9,12-14H,10-11H2,1-4H3,(H,23,24)/b15-14+. The van der Waals surface area contributed by atoms with Gasteiger partial charge < -0.3 is 4.84 Å².